The Morgan fingerprint density at radius 2 is 1.65 bits per heavy atom. The molecule has 172 valence electrons. The predicted molar refractivity (Wildman–Crippen MR) is 119 cm³/mol. The van der Waals surface area contributed by atoms with E-state index in [4.69, 9.17) is 25.5 Å². The summed E-state index contributed by atoms with van der Waals surface area (Å²) in [5.74, 6) is 0.147. The first-order valence-electron chi connectivity index (χ1n) is 11.0. The van der Waals surface area contributed by atoms with Crippen molar-refractivity contribution < 1.29 is 19.0 Å². The number of rotatable bonds is 16. The van der Waals surface area contributed by atoms with Crippen molar-refractivity contribution in [1.82, 2.24) is 4.90 Å². The van der Waals surface area contributed by atoms with E-state index in [2.05, 4.69) is 27.1 Å². The second-order valence-electron chi connectivity index (χ2n) is 7.63. The average Bonchev–Trinajstić information content (AvgIpc) is 2.79. The number of Topliss-reactive ketones (excluding diaryl/α,β-unsaturated/α-hetero) is 1. The molecule has 1 saturated heterocycles. The van der Waals surface area contributed by atoms with Crippen LogP contribution in [0.5, 0.6) is 0 Å². The van der Waals surface area contributed by atoms with Crippen molar-refractivity contribution in [2.24, 2.45) is 10.8 Å². The second kappa shape index (κ2) is 15.8. The normalized spacial score (nSPS) is 15.0. The van der Waals surface area contributed by atoms with Gasteiger partial charge in [0.25, 0.3) is 0 Å². The third kappa shape index (κ3) is 11.3. The summed E-state index contributed by atoms with van der Waals surface area (Å²) in [6, 6.07) is 8.30. The van der Waals surface area contributed by atoms with Crippen LogP contribution < -0.4 is 5.73 Å². The van der Waals surface area contributed by atoms with Crippen molar-refractivity contribution in [2.45, 2.75) is 38.3 Å². The molecule has 1 heterocycles. The van der Waals surface area contributed by atoms with E-state index in [1.807, 2.05) is 12.1 Å². The number of benzene rings is 1. The molecule has 0 aromatic heterocycles. The largest absolute Gasteiger partial charge is 0.379 e. The Morgan fingerprint density at radius 3 is 2.29 bits per heavy atom. The summed E-state index contributed by atoms with van der Waals surface area (Å²) < 4.78 is 16.1. The van der Waals surface area contributed by atoms with Crippen molar-refractivity contribution in [3.05, 3.63) is 45.8 Å². The minimum Gasteiger partial charge on any atom is -0.379 e. The van der Waals surface area contributed by atoms with E-state index in [1.54, 1.807) is 0 Å². The van der Waals surface area contributed by atoms with E-state index in [9.17, 15) is 4.79 Å². The lowest BCUT2D eigenvalue weighted by molar-refractivity contribution is 0.0154. The first-order valence-corrected chi connectivity index (χ1v) is 11.0. The fraction of sp³-hybridized carbons (Fsp3) is 0.682. The van der Waals surface area contributed by atoms with Gasteiger partial charge in [0, 0.05) is 42.6 Å². The number of ether oxygens (including phenoxy) is 3. The van der Waals surface area contributed by atoms with Crippen molar-refractivity contribution in [2.75, 3.05) is 59.3 Å². The van der Waals surface area contributed by atoms with Crippen LogP contribution >= 0.6 is 0 Å². The first-order chi connectivity index (χ1) is 15.2. The maximum Gasteiger partial charge on any atom is 0.162 e. The summed E-state index contributed by atoms with van der Waals surface area (Å²) in [6.07, 6.45) is 3.28. The Kier molecular flexibility index (Phi) is 12.8. The Morgan fingerprint density at radius 1 is 1.03 bits per heavy atom. The highest BCUT2D eigenvalue weighted by Crippen LogP contribution is 2.14. The number of nitrogens with two attached hydrogens (primary N) is 1. The van der Waals surface area contributed by atoms with Gasteiger partial charge in [0.2, 0.25) is 0 Å². The fourth-order valence-electron chi connectivity index (χ4n) is 3.34. The molecule has 0 radical (unpaired) electrons. The summed E-state index contributed by atoms with van der Waals surface area (Å²) in [5, 5.41) is 3.37. The zero-order valence-electron chi connectivity index (χ0n) is 18.3. The number of azide groups is 1. The van der Waals surface area contributed by atoms with Gasteiger partial charge in [-0.3, -0.25) is 9.69 Å². The molecule has 9 heteroatoms. The summed E-state index contributed by atoms with van der Waals surface area (Å²) in [4.78, 5) is 17.4. The number of ketones is 1. The molecule has 0 saturated carbocycles. The maximum atomic E-state index is 12.3. The van der Waals surface area contributed by atoms with Crippen LogP contribution in [0.2, 0.25) is 0 Å². The summed E-state index contributed by atoms with van der Waals surface area (Å²) in [5.41, 5.74) is 16.1. The molecule has 0 amide bonds. The van der Waals surface area contributed by atoms with Gasteiger partial charge < -0.3 is 19.9 Å². The van der Waals surface area contributed by atoms with E-state index >= 15 is 0 Å². The van der Waals surface area contributed by atoms with Gasteiger partial charge in [0.15, 0.2) is 5.78 Å². The topological polar surface area (TPSA) is 123 Å². The molecule has 1 aromatic carbocycles. The van der Waals surface area contributed by atoms with Gasteiger partial charge in [-0.2, -0.15) is 0 Å². The van der Waals surface area contributed by atoms with Crippen molar-refractivity contribution >= 4 is 5.78 Å². The number of piperidine rings is 1. The molecule has 1 aliphatic heterocycles. The summed E-state index contributed by atoms with van der Waals surface area (Å²) in [6.45, 7) is 6.16. The van der Waals surface area contributed by atoms with Gasteiger partial charge in [0.05, 0.1) is 33.0 Å². The molecular weight excluding hydrogens is 398 g/mol. The highest BCUT2D eigenvalue weighted by Gasteiger charge is 2.16. The standard InChI is InChI=1S/C22H35N5O4/c23-21-7-10-27(11-8-21)18-19-3-5-20(6-4-19)22(28)2-1-12-29-14-16-31-17-15-30-13-9-25-26-24/h3-6,21H,1-2,7-18,23H2. The number of hydrogen-bond acceptors (Lipinski definition) is 7. The lowest BCUT2D eigenvalue weighted by atomic mass is 10.0. The van der Waals surface area contributed by atoms with E-state index in [-0.39, 0.29) is 5.78 Å². The van der Waals surface area contributed by atoms with E-state index < -0.39 is 0 Å². The van der Waals surface area contributed by atoms with Crippen LogP contribution in [0.1, 0.15) is 41.6 Å². The van der Waals surface area contributed by atoms with Gasteiger partial charge in [-0.1, -0.05) is 29.4 Å². The molecule has 31 heavy (non-hydrogen) atoms. The zero-order chi connectivity index (χ0) is 22.2. The van der Waals surface area contributed by atoms with Gasteiger partial charge in [-0.15, -0.1) is 0 Å². The molecule has 1 fully saturated rings. The third-order valence-electron chi connectivity index (χ3n) is 5.15. The third-order valence-corrected chi connectivity index (χ3v) is 5.15. The number of carbonyl (C=O) groups excluding carboxylic acids is 1. The molecule has 0 bridgehead atoms. The quantitative estimate of drug-likeness (QED) is 0.141. The number of carbonyl (C=O) groups is 1. The molecule has 0 atom stereocenters. The lowest BCUT2D eigenvalue weighted by Crippen LogP contribution is -2.39. The van der Waals surface area contributed by atoms with E-state index in [1.165, 1.54) is 5.56 Å². The average molecular weight is 434 g/mol. The SMILES string of the molecule is [N-]=[N+]=NCCOCCOCCOCCCC(=O)c1ccc(CN2CCC(N)CC2)cc1. The van der Waals surface area contributed by atoms with Crippen molar-refractivity contribution in [3.63, 3.8) is 0 Å². The molecule has 0 spiro atoms. The summed E-state index contributed by atoms with van der Waals surface area (Å²) >= 11 is 0. The Hall–Kier alpha value is -2.00. The van der Waals surface area contributed by atoms with Crippen LogP contribution in [-0.2, 0) is 20.8 Å². The molecule has 0 aliphatic carbocycles. The van der Waals surface area contributed by atoms with E-state index in [0.717, 1.165) is 38.0 Å². The molecule has 1 aliphatic rings. The predicted octanol–water partition coefficient (Wildman–Crippen LogP) is 2.93. The Bertz CT molecular complexity index is 671. The van der Waals surface area contributed by atoms with Gasteiger partial charge in [-0.25, -0.2) is 0 Å². The van der Waals surface area contributed by atoms with Crippen LogP contribution in [0.3, 0.4) is 0 Å². The molecule has 1 aromatic rings. The smallest absolute Gasteiger partial charge is 0.162 e. The minimum absolute atomic E-state index is 0.147. The molecule has 0 unspecified atom stereocenters. The highest BCUT2D eigenvalue weighted by atomic mass is 16.5. The number of likely N-dealkylation sites (tertiary alicyclic amines) is 1. The van der Waals surface area contributed by atoms with Crippen molar-refractivity contribution in [1.29, 1.82) is 0 Å². The molecule has 2 rings (SSSR count). The maximum absolute atomic E-state index is 12.3. The van der Waals surface area contributed by atoms with Gasteiger partial charge >= 0.3 is 0 Å². The van der Waals surface area contributed by atoms with E-state index in [0.29, 0.717) is 65.1 Å². The number of hydrogen-bond donors (Lipinski definition) is 1. The lowest BCUT2D eigenvalue weighted by Gasteiger charge is -2.30. The summed E-state index contributed by atoms with van der Waals surface area (Å²) in [7, 11) is 0. The second-order valence-corrected chi connectivity index (χ2v) is 7.63. The monoisotopic (exact) mass is 433 g/mol. The minimum atomic E-state index is 0.147. The van der Waals surface area contributed by atoms with Gasteiger partial charge in [0.1, 0.15) is 0 Å². The van der Waals surface area contributed by atoms with Crippen LogP contribution in [0.15, 0.2) is 29.4 Å². The highest BCUT2D eigenvalue weighted by molar-refractivity contribution is 5.96. The Labute approximate surface area is 184 Å². The van der Waals surface area contributed by atoms with Crippen LogP contribution in [0, 0.1) is 0 Å². The Balaban J connectivity index is 1.47. The first kappa shape index (κ1) is 25.3. The van der Waals surface area contributed by atoms with Crippen molar-refractivity contribution in [3.8, 4) is 0 Å². The number of nitrogens with zero attached hydrogens (tertiary/aromatic N) is 4. The molecular formula is C22H35N5O4. The van der Waals surface area contributed by atoms with Crippen LogP contribution in [0.25, 0.3) is 10.4 Å². The van der Waals surface area contributed by atoms with Crippen LogP contribution in [-0.4, -0.2) is 76.0 Å². The molecule has 2 N–H and O–H groups in total. The molecule has 9 nitrogen and oxygen atoms in total. The fourth-order valence-corrected chi connectivity index (χ4v) is 3.34. The zero-order valence-corrected chi connectivity index (χ0v) is 18.3. The van der Waals surface area contributed by atoms with Gasteiger partial charge in [-0.05, 0) is 43.4 Å². The van der Waals surface area contributed by atoms with Crippen LogP contribution in [0.4, 0.5) is 0 Å².